The van der Waals surface area contributed by atoms with Crippen molar-refractivity contribution >= 4 is 40.1 Å². The van der Waals surface area contributed by atoms with Crippen molar-refractivity contribution in [3.63, 3.8) is 0 Å². The molecule has 0 aliphatic heterocycles. The second-order valence-corrected chi connectivity index (χ2v) is 9.38. The predicted octanol–water partition coefficient (Wildman–Crippen LogP) is 6.77. The molecule has 0 unspecified atom stereocenters. The van der Waals surface area contributed by atoms with Gasteiger partial charge in [-0.05, 0) is 55.2 Å². The number of nitrogens with zero attached hydrogens (tertiary/aromatic N) is 2. The first-order chi connectivity index (χ1) is 16.5. The second kappa shape index (κ2) is 11.5. The summed E-state index contributed by atoms with van der Waals surface area (Å²) in [5.41, 5.74) is 5.20. The fraction of sp³-hybridized carbons (Fsp3) is 0.286. The van der Waals surface area contributed by atoms with Gasteiger partial charge in [0, 0.05) is 28.6 Å². The summed E-state index contributed by atoms with van der Waals surface area (Å²) in [4.78, 5) is 17.1. The molecule has 0 bridgehead atoms. The summed E-state index contributed by atoms with van der Waals surface area (Å²) in [6.07, 6.45) is 4.24. The molecule has 6 heteroatoms. The third-order valence-corrected chi connectivity index (χ3v) is 6.83. The minimum atomic E-state index is 0.0766. The van der Waals surface area contributed by atoms with E-state index in [2.05, 4.69) is 16.0 Å². The van der Waals surface area contributed by atoms with E-state index < -0.39 is 0 Å². The van der Waals surface area contributed by atoms with Crippen molar-refractivity contribution < 1.29 is 4.79 Å². The van der Waals surface area contributed by atoms with Crippen LogP contribution in [0.1, 0.15) is 41.8 Å². The Hall–Kier alpha value is -2.82. The van der Waals surface area contributed by atoms with E-state index in [1.54, 1.807) is 0 Å². The zero-order valence-corrected chi connectivity index (χ0v) is 20.9. The number of rotatable bonds is 10. The molecule has 34 heavy (non-hydrogen) atoms. The van der Waals surface area contributed by atoms with Gasteiger partial charge in [0.2, 0.25) is 5.91 Å². The number of para-hydroxylation sites is 2. The molecule has 0 radical (unpaired) electrons. The summed E-state index contributed by atoms with van der Waals surface area (Å²) in [5.74, 6) is 1.11. The lowest BCUT2D eigenvalue weighted by Crippen LogP contribution is -2.26. The summed E-state index contributed by atoms with van der Waals surface area (Å²) in [5, 5.41) is 4.37. The molecular formula is C28H29Cl2N3O. The van der Waals surface area contributed by atoms with Crippen LogP contribution in [0.4, 0.5) is 0 Å². The van der Waals surface area contributed by atoms with Crippen molar-refractivity contribution in [2.45, 2.75) is 45.6 Å². The first kappa shape index (κ1) is 24.3. The Bertz CT molecular complexity index is 1260. The standard InChI is InChI=1S/C28H29Cl2N3O/c1-20-10-4-5-11-21(20)18-28(34)31-17-8-2-3-16-27-32-25-14-6-7-15-26(25)33(27)19-22-23(29)12-9-13-24(22)30/h4-7,9-15H,2-3,8,16-19H2,1H3,(H,31,34). The summed E-state index contributed by atoms with van der Waals surface area (Å²) in [6.45, 7) is 3.31. The highest BCUT2D eigenvalue weighted by atomic mass is 35.5. The Morgan fingerprint density at radius 1 is 0.912 bits per heavy atom. The van der Waals surface area contributed by atoms with Crippen LogP contribution in [0.2, 0.25) is 10.0 Å². The summed E-state index contributed by atoms with van der Waals surface area (Å²) >= 11 is 12.9. The highest BCUT2D eigenvalue weighted by molar-refractivity contribution is 6.36. The number of hydrogen-bond donors (Lipinski definition) is 1. The zero-order chi connectivity index (χ0) is 23.9. The predicted molar refractivity (Wildman–Crippen MR) is 141 cm³/mol. The molecule has 1 aromatic heterocycles. The molecule has 0 saturated heterocycles. The first-order valence-electron chi connectivity index (χ1n) is 11.7. The van der Waals surface area contributed by atoms with E-state index in [0.717, 1.165) is 59.2 Å². The van der Waals surface area contributed by atoms with Gasteiger partial charge in [-0.15, -0.1) is 0 Å². The SMILES string of the molecule is Cc1ccccc1CC(=O)NCCCCCc1nc2ccccc2n1Cc1c(Cl)cccc1Cl. The highest BCUT2D eigenvalue weighted by Gasteiger charge is 2.14. The average Bonchev–Trinajstić information content (AvgIpc) is 3.17. The molecular weight excluding hydrogens is 465 g/mol. The van der Waals surface area contributed by atoms with Crippen LogP contribution in [0.15, 0.2) is 66.7 Å². The van der Waals surface area contributed by atoms with Crippen LogP contribution in [0.3, 0.4) is 0 Å². The molecule has 0 aliphatic carbocycles. The van der Waals surface area contributed by atoms with Gasteiger partial charge in [-0.1, -0.05) is 72.1 Å². The summed E-state index contributed by atoms with van der Waals surface area (Å²) in [7, 11) is 0. The van der Waals surface area contributed by atoms with E-state index in [9.17, 15) is 4.79 Å². The van der Waals surface area contributed by atoms with E-state index in [-0.39, 0.29) is 5.91 Å². The number of hydrogen-bond acceptors (Lipinski definition) is 2. The zero-order valence-electron chi connectivity index (χ0n) is 19.4. The Morgan fingerprint density at radius 3 is 2.44 bits per heavy atom. The molecule has 0 atom stereocenters. The molecule has 3 aromatic carbocycles. The minimum absolute atomic E-state index is 0.0766. The fourth-order valence-corrected chi connectivity index (χ4v) is 4.71. The van der Waals surface area contributed by atoms with Gasteiger partial charge in [0.1, 0.15) is 5.82 Å². The van der Waals surface area contributed by atoms with Crippen LogP contribution in [0.5, 0.6) is 0 Å². The quantitative estimate of drug-likeness (QED) is 0.247. The third-order valence-electron chi connectivity index (χ3n) is 6.12. The Morgan fingerprint density at radius 2 is 1.65 bits per heavy atom. The van der Waals surface area contributed by atoms with E-state index in [1.807, 2.05) is 67.6 Å². The number of benzene rings is 3. The van der Waals surface area contributed by atoms with E-state index in [4.69, 9.17) is 28.2 Å². The lowest BCUT2D eigenvalue weighted by molar-refractivity contribution is -0.120. The number of aromatic nitrogens is 2. The lowest BCUT2D eigenvalue weighted by Gasteiger charge is -2.12. The molecule has 0 aliphatic rings. The van der Waals surface area contributed by atoms with Crippen LogP contribution in [0.25, 0.3) is 11.0 Å². The van der Waals surface area contributed by atoms with Gasteiger partial charge in [-0.3, -0.25) is 4.79 Å². The third kappa shape index (κ3) is 5.99. The van der Waals surface area contributed by atoms with Gasteiger partial charge < -0.3 is 9.88 Å². The highest BCUT2D eigenvalue weighted by Crippen LogP contribution is 2.28. The van der Waals surface area contributed by atoms with Crippen molar-refractivity contribution in [2.75, 3.05) is 6.54 Å². The van der Waals surface area contributed by atoms with E-state index in [1.165, 1.54) is 0 Å². The van der Waals surface area contributed by atoms with E-state index in [0.29, 0.717) is 29.6 Å². The molecule has 1 heterocycles. The Balaban J connectivity index is 1.32. The van der Waals surface area contributed by atoms with Crippen molar-refractivity contribution in [2.24, 2.45) is 0 Å². The molecule has 4 rings (SSSR count). The van der Waals surface area contributed by atoms with Gasteiger partial charge >= 0.3 is 0 Å². The lowest BCUT2D eigenvalue weighted by atomic mass is 10.1. The average molecular weight is 494 g/mol. The number of amides is 1. The second-order valence-electron chi connectivity index (χ2n) is 8.57. The fourth-order valence-electron chi connectivity index (χ4n) is 4.19. The molecule has 4 nitrogen and oxygen atoms in total. The molecule has 1 N–H and O–H groups in total. The number of carbonyl (C=O) groups is 1. The van der Waals surface area contributed by atoms with E-state index >= 15 is 0 Å². The molecule has 1 amide bonds. The molecule has 0 fully saturated rings. The minimum Gasteiger partial charge on any atom is -0.356 e. The van der Waals surface area contributed by atoms with Gasteiger partial charge in [-0.25, -0.2) is 4.98 Å². The van der Waals surface area contributed by atoms with Crippen LogP contribution in [-0.4, -0.2) is 22.0 Å². The topological polar surface area (TPSA) is 46.9 Å². The van der Waals surface area contributed by atoms with Gasteiger partial charge in [-0.2, -0.15) is 0 Å². The summed E-state index contributed by atoms with van der Waals surface area (Å²) in [6, 6.07) is 21.8. The largest absolute Gasteiger partial charge is 0.356 e. The number of nitrogens with one attached hydrogen (secondary N) is 1. The number of unbranched alkanes of at least 4 members (excludes halogenated alkanes) is 2. The van der Waals surface area contributed by atoms with Crippen LogP contribution >= 0.6 is 23.2 Å². The number of halogens is 2. The Kier molecular flexibility index (Phi) is 8.25. The molecule has 0 saturated carbocycles. The van der Waals surface area contributed by atoms with Crippen LogP contribution in [0, 0.1) is 6.92 Å². The molecule has 176 valence electrons. The maximum absolute atomic E-state index is 12.2. The van der Waals surface area contributed by atoms with Gasteiger partial charge in [0.15, 0.2) is 0 Å². The van der Waals surface area contributed by atoms with Gasteiger partial charge in [0.05, 0.1) is 24.0 Å². The first-order valence-corrected chi connectivity index (χ1v) is 12.5. The van der Waals surface area contributed by atoms with Crippen LogP contribution in [-0.2, 0) is 24.2 Å². The molecule has 0 spiro atoms. The maximum atomic E-state index is 12.2. The van der Waals surface area contributed by atoms with Gasteiger partial charge in [0.25, 0.3) is 0 Å². The normalized spacial score (nSPS) is 11.1. The number of imidazole rings is 1. The monoisotopic (exact) mass is 493 g/mol. The smallest absolute Gasteiger partial charge is 0.224 e. The molecule has 4 aromatic rings. The number of carbonyl (C=O) groups excluding carboxylic acids is 1. The van der Waals surface area contributed by atoms with Crippen molar-refractivity contribution in [3.8, 4) is 0 Å². The van der Waals surface area contributed by atoms with Crippen molar-refractivity contribution in [1.82, 2.24) is 14.9 Å². The van der Waals surface area contributed by atoms with Crippen molar-refractivity contribution in [1.29, 1.82) is 0 Å². The Labute approximate surface area is 210 Å². The number of fused-ring (bicyclic) bond motifs is 1. The summed E-state index contributed by atoms with van der Waals surface area (Å²) < 4.78 is 2.21. The number of aryl methyl sites for hydroxylation is 2. The van der Waals surface area contributed by atoms with Crippen molar-refractivity contribution in [3.05, 3.63) is 99.3 Å². The van der Waals surface area contributed by atoms with Crippen LogP contribution < -0.4 is 5.32 Å². The maximum Gasteiger partial charge on any atom is 0.224 e.